The van der Waals surface area contributed by atoms with E-state index in [1.807, 2.05) is 97.1 Å². The second-order valence-electron chi connectivity index (χ2n) is 9.78. The van der Waals surface area contributed by atoms with Gasteiger partial charge in [0, 0.05) is 32.3 Å². The smallest absolute Gasteiger partial charge is 0.210 e. The van der Waals surface area contributed by atoms with Gasteiger partial charge in [0.2, 0.25) is 5.78 Å². The first-order valence-corrected chi connectivity index (χ1v) is 14.7. The molecule has 0 aliphatic heterocycles. The molecule has 0 saturated heterocycles. The Balaban J connectivity index is 1.44. The number of rotatable bonds is 13. The van der Waals surface area contributed by atoms with E-state index in [0.717, 1.165) is 45.5 Å². The van der Waals surface area contributed by atoms with E-state index in [1.54, 1.807) is 11.8 Å². The molecule has 1 heterocycles. The predicted molar refractivity (Wildman–Crippen MR) is 166 cm³/mol. The number of aromatic nitrogens is 1. The number of benzene rings is 4. The van der Waals surface area contributed by atoms with Crippen LogP contribution in [0.2, 0.25) is 0 Å². The number of para-hydroxylation sites is 1. The molecule has 0 spiro atoms. The normalized spacial score (nSPS) is 12.4. The SMILES string of the molecule is CCCCCC(Oc1cc2ccccc2[nH]1)C(=NCc1ccccc1)C(=O)c1ccc(Sc2ccccc2)cc1. The van der Waals surface area contributed by atoms with Crippen molar-refractivity contribution >= 4 is 34.2 Å². The number of nitrogens with one attached hydrogen (secondary N) is 1. The largest absolute Gasteiger partial charge is 0.469 e. The lowest BCUT2D eigenvalue weighted by Crippen LogP contribution is -2.34. The van der Waals surface area contributed by atoms with Crippen LogP contribution in [0.3, 0.4) is 0 Å². The van der Waals surface area contributed by atoms with E-state index >= 15 is 0 Å². The van der Waals surface area contributed by atoms with Gasteiger partial charge in [-0.25, -0.2) is 0 Å². The standard InChI is InChI=1S/C35H34N2O2S/c1-2-3-6-19-32(39-33-24-28-15-11-12-18-31(28)37-33)34(36-25-26-13-7-4-8-14-26)35(38)27-20-22-30(23-21-27)40-29-16-9-5-10-17-29/h4-5,7-18,20-24,32,37H,2-3,6,19,25H2,1H3. The van der Waals surface area contributed by atoms with Crippen molar-refractivity contribution in [2.75, 3.05) is 0 Å². The average molecular weight is 547 g/mol. The average Bonchev–Trinajstić information content (AvgIpc) is 3.41. The molecule has 202 valence electrons. The molecule has 0 saturated carbocycles. The van der Waals surface area contributed by atoms with Crippen LogP contribution in [0.25, 0.3) is 10.9 Å². The fourth-order valence-electron chi connectivity index (χ4n) is 4.62. The minimum atomic E-state index is -0.464. The second-order valence-corrected chi connectivity index (χ2v) is 10.9. The highest BCUT2D eigenvalue weighted by molar-refractivity contribution is 7.99. The van der Waals surface area contributed by atoms with Crippen LogP contribution in [0.4, 0.5) is 0 Å². The molecule has 0 amide bonds. The summed E-state index contributed by atoms with van der Waals surface area (Å²) in [5.74, 6) is 0.558. The van der Waals surface area contributed by atoms with E-state index in [9.17, 15) is 4.79 Å². The Kier molecular flexibility index (Phi) is 9.49. The summed E-state index contributed by atoms with van der Waals surface area (Å²) >= 11 is 1.68. The third-order valence-electron chi connectivity index (χ3n) is 6.75. The van der Waals surface area contributed by atoms with Crippen LogP contribution < -0.4 is 4.74 Å². The number of fused-ring (bicyclic) bond motifs is 1. The highest BCUT2D eigenvalue weighted by Crippen LogP contribution is 2.28. The Morgan fingerprint density at radius 2 is 1.50 bits per heavy atom. The first-order chi connectivity index (χ1) is 19.7. The minimum Gasteiger partial charge on any atom is -0.469 e. The van der Waals surface area contributed by atoms with Gasteiger partial charge in [0.05, 0.1) is 6.54 Å². The zero-order chi connectivity index (χ0) is 27.6. The quantitative estimate of drug-likeness (QED) is 0.0910. The van der Waals surface area contributed by atoms with Crippen LogP contribution in [0, 0.1) is 0 Å². The van der Waals surface area contributed by atoms with Crippen LogP contribution in [0.1, 0.15) is 48.5 Å². The minimum absolute atomic E-state index is 0.0928. The maximum atomic E-state index is 14.0. The first-order valence-electron chi connectivity index (χ1n) is 13.9. The number of nitrogens with zero attached hydrogens (tertiary/aromatic N) is 1. The van der Waals surface area contributed by atoms with Gasteiger partial charge in [-0.05, 0) is 60.9 Å². The summed E-state index contributed by atoms with van der Waals surface area (Å²) in [7, 11) is 0. The number of H-pyrrole nitrogens is 1. The molecule has 5 heteroatoms. The number of hydrogen-bond donors (Lipinski definition) is 1. The van der Waals surface area contributed by atoms with Gasteiger partial charge in [0.1, 0.15) is 11.8 Å². The topological polar surface area (TPSA) is 54.4 Å². The molecule has 1 aromatic heterocycles. The molecular formula is C35H34N2O2S. The van der Waals surface area contributed by atoms with Crippen LogP contribution >= 0.6 is 11.8 Å². The molecule has 0 aliphatic rings. The lowest BCUT2D eigenvalue weighted by atomic mass is 9.98. The van der Waals surface area contributed by atoms with Gasteiger partial charge in [0.25, 0.3) is 0 Å². The van der Waals surface area contributed by atoms with Crippen LogP contribution in [0.5, 0.6) is 5.88 Å². The van der Waals surface area contributed by atoms with Gasteiger partial charge >= 0.3 is 0 Å². The molecule has 0 radical (unpaired) electrons. The van der Waals surface area contributed by atoms with Crippen molar-refractivity contribution < 1.29 is 9.53 Å². The van der Waals surface area contributed by atoms with E-state index in [-0.39, 0.29) is 5.78 Å². The van der Waals surface area contributed by atoms with E-state index < -0.39 is 6.10 Å². The van der Waals surface area contributed by atoms with Gasteiger partial charge in [-0.1, -0.05) is 98.3 Å². The third-order valence-corrected chi connectivity index (χ3v) is 7.77. The van der Waals surface area contributed by atoms with Crippen molar-refractivity contribution in [3.63, 3.8) is 0 Å². The monoisotopic (exact) mass is 546 g/mol. The fraction of sp³-hybridized carbons (Fsp3) is 0.200. The number of carbonyl (C=O) groups excluding carboxylic acids is 1. The number of Topliss-reactive ketones (excluding diaryl/α,β-unsaturated/α-hetero) is 1. The molecule has 0 aliphatic carbocycles. The van der Waals surface area contributed by atoms with Gasteiger partial charge in [-0.3, -0.25) is 9.79 Å². The van der Waals surface area contributed by atoms with Crippen molar-refractivity contribution in [1.82, 2.24) is 4.98 Å². The number of hydrogen-bond acceptors (Lipinski definition) is 4. The number of ketones is 1. The summed E-state index contributed by atoms with van der Waals surface area (Å²) < 4.78 is 6.53. The van der Waals surface area contributed by atoms with Crippen molar-refractivity contribution in [3.05, 3.63) is 126 Å². The fourth-order valence-corrected chi connectivity index (χ4v) is 5.46. The molecule has 0 bridgehead atoms. The molecule has 1 atom stereocenters. The Morgan fingerprint density at radius 3 is 2.23 bits per heavy atom. The van der Waals surface area contributed by atoms with Gasteiger partial charge in [0.15, 0.2) is 5.88 Å². The van der Waals surface area contributed by atoms with E-state index in [4.69, 9.17) is 9.73 Å². The summed E-state index contributed by atoms with van der Waals surface area (Å²) in [6, 6.07) is 38.2. The Labute approximate surface area is 240 Å². The summed E-state index contributed by atoms with van der Waals surface area (Å²) in [4.78, 5) is 24.6. The van der Waals surface area contributed by atoms with E-state index in [1.165, 1.54) is 0 Å². The summed E-state index contributed by atoms with van der Waals surface area (Å²) in [6.07, 6.45) is 3.35. The maximum absolute atomic E-state index is 14.0. The summed E-state index contributed by atoms with van der Waals surface area (Å²) in [5, 5.41) is 1.07. The molecule has 1 unspecified atom stereocenters. The lowest BCUT2D eigenvalue weighted by molar-refractivity contribution is 0.105. The molecule has 4 aromatic carbocycles. The predicted octanol–water partition coefficient (Wildman–Crippen LogP) is 9.17. The van der Waals surface area contributed by atoms with Crippen molar-refractivity contribution in [2.24, 2.45) is 4.99 Å². The molecule has 0 fully saturated rings. The maximum Gasteiger partial charge on any atom is 0.210 e. The molecule has 1 N–H and O–H groups in total. The Hall–Kier alpha value is -4.09. The number of unbranched alkanes of at least 4 members (excludes halogenated alkanes) is 2. The number of aliphatic imine (C=N–C) groups is 1. The van der Waals surface area contributed by atoms with Crippen molar-refractivity contribution in [2.45, 2.75) is 55.0 Å². The molecule has 4 nitrogen and oxygen atoms in total. The molecule has 40 heavy (non-hydrogen) atoms. The van der Waals surface area contributed by atoms with Crippen LogP contribution in [-0.4, -0.2) is 22.6 Å². The van der Waals surface area contributed by atoms with Gasteiger partial charge in [-0.15, -0.1) is 0 Å². The van der Waals surface area contributed by atoms with Crippen LogP contribution in [0.15, 0.2) is 130 Å². The van der Waals surface area contributed by atoms with Gasteiger partial charge in [-0.2, -0.15) is 0 Å². The summed E-state index contributed by atoms with van der Waals surface area (Å²) in [6.45, 7) is 2.60. The molecule has 5 rings (SSSR count). The van der Waals surface area contributed by atoms with Crippen molar-refractivity contribution in [3.8, 4) is 5.88 Å². The number of aromatic amines is 1. The Morgan fingerprint density at radius 1 is 0.825 bits per heavy atom. The third kappa shape index (κ3) is 7.30. The second kappa shape index (κ2) is 13.8. The number of ether oxygens (including phenoxy) is 1. The highest BCUT2D eigenvalue weighted by Gasteiger charge is 2.26. The summed E-state index contributed by atoms with van der Waals surface area (Å²) in [5.41, 5.74) is 3.14. The number of carbonyl (C=O) groups is 1. The van der Waals surface area contributed by atoms with E-state index in [2.05, 4.69) is 30.1 Å². The zero-order valence-electron chi connectivity index (χ0n) is 22.8. The highest BCUT2D eigenvalue weighted by atomic mass is 32.2. The molecule has 5 aromatic rings. The zero-order valence-corrected chi connectivity index (χ0v) is 23.6. The Bertz CT molecular complexity index is 1510. The van der Waals surface area contributed by atoms with Crippen LogP contribution in [-0.2, 0) is 6.54 Å². The van der Waals surface area contributed by atoms with E-state index in [0.29, 0.717) is 30.1 Å². The van der Waals surface area contributed by atoms with Crippen molar-refractivity contribution in [1.29, 1.82) is 0 Å². The lowest BCUT2D eigenvalue weighted by Gasteiger charge is -2.20. The molecular weight excluding hydrogens is 512 g/mol. The first kappa shape index (κ1) is 27.5. The van der Waals surface area contributed by atoms with Gasteiger partial charge < -0.3 is 9.72 Å².